The summed E-state index contributed by atoms with van der Waals surface area (Å²) in [6.45, 7) is 0. The monoisotopic (exact) mass is 328 g/mol. The van der Waals surface area contributed by atoms with Crippen molar-refractivity contribution in [3.8, 4) is 0 Å². The second-order valence-corrected chi connectivity index (χ2v) is 5.22. The number of benzene rings is 2. The molecule has 2 aromatic rings. The smallest absolute Gasteiger partial charge is 0.337 e. The van der Waals surface area contributed by atoms with E-state index in [0.717, 1.165) is 0 Å². The lowest BCUT2D eigenvalue weighted by molar-refractivity contribution is -0.148. The number of rotatable bonds is 6. The first-order chi connectivity index (χ1) is 11.4. The molecule has 6 nitrogen and oxygen atoms in total. The maximum atomic E-state index is 12.1. The van der Waals surface area contributed by atoms with Gasteiger partial charge in [0.15, 0.2) is 0 Å². The first-order valence-corrected chi connectivity index (χ1v) is 7.11. The third kappa shape index (κ3) is 3.12. The summed E-state index contributed by atoms with van der Waals surface area (Å²) in [6.07, 6.45) is -0.656. The van der Waals surface area contributed by atoms with Crippen LogP contribution in [0.2, 0.25) is 0 Å². The number of carboxylic acid groups (broad SMARTS) is 2. The molecule has 0 saturated heterocycles. The van der Waals surface area contributed by atoms with Gasteiger partial charge >= 0.3 is 17.9 Å². The summed E-state index contributed by atoms with van der Waals surface area (Å²) in [7, 11) is 1.22. The van der Waals surface area contributed by atoms with Crippen LogP contribution in [0.1, 0.15) is 27.9 Å². The van der Waals surface area contributed by atoms with Gasteiger partial charge in [-0.15, -0.1) is 0 Å². The molecule has 1 atom stereocenters. The van der Waals surface area contributed by atoms with E-state index in [9.17, 15) is 24.6 Å². The molecule has 2 N–H and O–H groups in total. The Morgan fingerprint density at radius 1 is 0.958 bits per heavy atom. The first kappa shape index (κ1) is 17.2. The number of carbonyl (C=O) groups excluding carboxylic acids is 1. The van der Waals surface area contributed by atoms with Crippen molar-refractivity contribution in [2.75, 3.05) is 7.11 Å². The lowest BCUT2D eigenvalue weighted by atomic mass is 9.71. The van der Waals surface area contributed by atoms with Crippen LogP contribution >= 0.6 is 0 Å². The molecule has 0 aliphatic heterocycles. The maximum absolute atomic E-state index is 12.1. The Morgan fingerprint density at radius 3 is 2.12 bits per heavy atom. The Kier molecular flexibility index (Phi) is 4.99. The lowest BCUT2D eigenvalue weighted by Crippen LogP contribution is -2.39. The number of carbonyl (C=O) groups is 3. The molecule has 0 fully saturated rings. The van der Waals surface area contributed by atoms with E-state index in [0.29, 0.717) is 5.56 Å². The Bertz CT molecular complexity index is 768. The molecular weight excluding hydrogens is 312 g/mol. The van der Waals surface area contributed by atoms with Crippen LogP contribution in [-0.4, -0.2) is 35.2 Å². The van der Waals surface area contributed by atoms with Crippen molar-refractivity contribution < 1.29 is 29.3 Å². The van der Waals surface area contributed by atoms with Crippen molar-refractivity contribution in [1.82, 2.24) is 0 Å². The van der Waals surface area contributed by atoms with Gasteiger partial charge in [0.1, 0.15) is 5.41 Å². The molecule has 2 rings (SSSR count). The van der Waals surface area contributed by atoms with E-state index in [1.807, 2.05) is 0 Å². The predicted molar refractivity (Wildman–Crippen MR) is 84.9 cm³/mol. The van der Waals surface area contributed by atoms with Gasteiger partial charge < -0.3 is 14.9 Å². The quantitative estimate of drug-likeness (QED) is 0.789. The van der Waals surface area contributed by atoms with Crippen molar-refractivity contribution in [2.24, 2.45) is 0 Å². The van der Waals surface area contributed by atoms with E-state index < -0.39 is 29.7 Å². The summed E-state index contributed by atoms with van der Waals surface area (Å²) >= 11 is 0. The van der Waals surface area contributed by atoms with E-state index in [2.05, 4.69) is 4.74 Å². The molecule has 0 amide bonds. The Labute approximate surface area is 138 Å². The average molecular weight is 328 g/mol. The molecule has 6 heteroatoms. The summed E-state index contributed by atoms with van der Waals surface area (Å²) in [5.41, 5.74) is -1.13. The predicted octanol–water partition coefficient (Wildman–Crippen LogP) is 2.32. The fourth-order valence-corrected chi connectivity index (χ4v) is 2.67. The number of carboxylic acids is 2. The molecule has 0 saturated carbocycles. The average Bonchev–Trinajstić information content (AvgIpc) is 2.59. The number of ether oxygens (including phenoxy) is 1. The van der Waals surface area contributed by atoms with Crippen LogP contribution in [0.15, 0.2) is 54.6 Å². The van der Waals surface area contributed by atoms with Crippen LogP contribution in [0.5, 0.6) is 0 Å². The molecule has 0 aromatic heterocycles. The summed E-state index contributed by atoms with van der Waals surface area (Å²) < 4.78 is 4.65. The van der Waals surface area contributed by atoms with Gasteiger partial charge in [0, 0.05) is 0 Å². The molecule has 0 heterocycles. The Morgan fingerprint density at radius 2 is 1.58 bits per heavy atom. The molecule has 2 aromatic carbocycles. The highest BCUT2D eigenvalue weighted by Crippen LogP contribution is 2.36. The standard InChI is InChI=1S/C18H16O6/c1-24-16(21)12-6-5-9-14(10-12)18(17(22)23,11-15(19)20)13-7-3-2-4-8-13/h2-10H,11H2,1H3,(H,19,20)(H,22,23). The first-order valence-electron chi connectivity index (χ1n) is 7.11. The van der Waals surface area contributed by atoms with Gasteiger partial charge in [0.2, 0.25) is 0 Å². The van der Waals surface area contributed by atoms with Crippen LogP contribution in [-0.2, 0) is 19.7 Å². The Balaban J connectivity index is 2.73. The maximum Gasteiger partial charge on any atom is 0.337 e. The van der Waals surface area contributed by atoms with E-state index in [4.69, 9.17) is 0 Å². The molecular formula is C18H16O6. The third-order valence-electron chi connectivity index (χ3n) is 3.82. The minimum Gasteiger partial charge on any atom is -0.481 e. The number of hydrogen-bond donors (Lipinski definition) is 2. The SMILES string of the molecule is COC(=O)c1cccc(C(CC(=O)O)(C(=O)O)c2ccccc2)c1. The Hall–Kier alpha value is -3.15. The summed E-state index contributed by atoms with van der Waals surface area (Å²) in [5, 5.41) is 19.2. The largest absolute Gasteiger partial charge is 0.481 e. The second-order valence-electron chi connectivity index (χ2n) is 5.22. The van der Waals surface area contributed by atoms with E-state index in [1.54, 1.807) is 30.3 Å². The van der Waals surface area contributed by atoms with Gasteiger partial charge in [-0.05, 0) is 23.3 Å². The van der Waals surface area contributed by atoms with Crippen molar-refractivity contribution in [3.63, 3.8) is 0 Å². The van der Waals surface area contributed by atoms with Gasteiger partial charge in [0.25, 0.3) is 0 Å². The van der Waals surface area contributed by atoms with Crippen molar-refractivity contribution in [3.05, 3.63) is 71.3 Å². The van der Waals surface area contributed by atoms with Crippen LogP contribution in [0.4, 0.5) is 0 Å². The molecule has 0 spiro atoms. The summed E-state index contributed by atoms with van der Waals surface area (Å²) in [4.78, 5) is 35.3. The van der Waals surface area contributed by atoms with E-state index >= 15 is 0 Å². The number of methoxy groups -OCH3 is 1. The number of esters is 1. The van der Waals surface area contributed by atoms with Crippen molar-refractivity contribution in [1.29, 1.82) is 0 Å². The topological polar surface area (TPSA) is 101 Å². The molecule has 0 radical (unpaired) electrons. The van der Waals surface area contributed by atoms with Crippen LogP contribution < -0.4 is 0 Å². The lowest BCUT2D eigenvalue weighted by Gasteiger charge is -2.29. The molecule has 0 bridgehead atoms. The van der Waals surface area contributed by atoms with Gasteiger partial charge in [-0.1, -0.05) is 42.5 Å². The minimum atomic E-state index is -1.81. The normalized spacial score (nSPS) is 12.9. The fraction of sp³-hybridized carbons (Fsp3) is 0.167. The second kappa shape index (κ2) is 6.95. The van der Waals surface area contributed by atoms with Gasteiger partial charge in [0.05, 0.1) is 19.1 Å². The minimum absolute atomic E-state index is 0.155. The van der Waals surface area contributed by atoms with Gasteiger partial charge in [-0.25, -0.2) is 4.79 Å². The van der Waals surface area contributed by atoms with E-state index in [-0.39, 0.29) is 11.1 Å². The molecule has 0 aliphatic rings. The molecule has 1 unspecified atom stereocenters. The molecule has 24 heavy (non-hydrogen) atoms. The zero-order chi connectivity index (χ0) is 17.7. The third-order valence-corrected chi connectivity index (χ3v) is 3.82. The highest BCUT2D eigenvalue weighted by molar-refractivity contribution is 5.93. The molecule has 124 valence electrons. The summed E-state index contributed by atoms with van der Waals surface area (Å²) in [6, 6.07) is 13.9. The molecule has 0 aliphatic carbocycles. The van der Waals surface area contributed by atoms with Crippen LogP contribution in [0, 0.1) is 0 Å². The highest BCUT2D eigenvalue weighted by Gasteiger charge is 2.44. The number of hydrogen-bond acceptors (Lipinski definition) is 4. The fourth-order valence-electron chi connectivity index (χ4n) is 2.67. The van der Waals surface area contributed by atoms with Crippen LogP contribution in [0.3, 0.4) is 0 Å². The van der Waals surface area contributed by atoms with Gasteiger partial charge in [-0.2, -0.15) is 0 Å². The zero-order valence-corrected chi connectivity index (χ0v) is 12.9. The zero-order valence-electron chi connectivity index (χ0n) is 12.9. The van der Waals surface area contributed by atoms with Crippen molar-refractivity contribution >= 4 is 17.9 Å². The van der Waals surface area contributed by atoms with Gasteiger partial charge in [-0.3, -0.25) is 9.59 Å². The van der Waals surface area contributed by atoms with Crippen LogP contribution in [0.25, 0.3) is 0 Å². The summed E-state index contributed by atoms with van der Waals surface area (Å²) in [5.74, 6) is -3.19. The number of aliphatic carboxylic acids is 2. The van der Waals surface area contributed by atoms with E-state index in [1.165, 1.54) is 31.4 Å². The van der Waals surface area contributed by atoms with Crippen molar-refractivity contribution in [2.45, 2.75) is 11.8 Å². The highest BCUT2D eigenvalue weighted by atomic mass is 16.5.